The highest BCUT2D eigenvalue weighted by Gasteiger charge is 2.19. The van der Waals surface area contributed by atoms with E-state index in [0.29, 0.717) is 13.0 Å². The number of hydrogen-bond donors (Lipinski definition) is 1. The summed E-state index contributed by atoms with van der Waals surface area (Å²) >= 11 is 1.31. The lowest BCUT2D eigenvalue weighted by molar-refractivity contribution is 0.555. The molecule has 0 unspecified atom stereocenters. The molecule has 1 rings (SSSR count). The molecule has 98 valence electrons. The molecule has 5 nitrogen and oxygen atoms in total. The normalized spacial score (nSPS) is 12.7. The van der Waals surface area contributed by atoms with Gasteiger partial charge in [0, 0.05) is 29.7 Å². The van der Waals surface area contributed by atoms with Gasteiger partial charge in [-0.05, 0) is 6.42 Å². The summed E-state index contributed by atoms with van der Waals surface area (Å²) in [5.41, 5.74) is -0.0524. The maximum atomic E-state index is 10.9. The van der Waals surface area contributed by atoms with Crippen LogP contribution in [-0.2, 0) is 15.3 Å². The fourth-order valence-electron chi connectivity index (χ4n) is 1.13. The van der Waals surface area contributed by atoms with Gasteiger partial charge in [-0.15, -0.1) is 0 Å². The van der Waals surface area contributed by atoms with Crippen molar-refractivity contribution >= 4 is 26.5 Å². The Morgan fingerprint density at radius 3 is 2.47 bits per heavy atom. The van der Waals surface area contributed by atoms with Crippen LogP contribution >= 0.6 is 11.5 Å². The van der Waals surface area contributed by atoms with Crippen molar-refractivity contribution < 1.29 is 8.42 Å². The Balaban J connectivity index is 2.41. The number of nitrogens with one attached hydrogen (secondary N) is 1. The smallest absolute Gasteiger partial charge is 0.202 e. The third-order valence-electron chi connectivity index (χ3n) is 2.06. The van der Waals surface area contributed by atoms with E-state index in [4.69, 9.17) is 0 Å². The number of aromatic nitrogens is 2. The largest absolute Gasteiger partial charge is 0.360 e. The summed E-state index contributed by atoms with van der Waals surface area (Å²) in [5, 5.41) is 3.84. The van der Waals surface area contributed by atoms with E-state index in [1.165, 1.54) is 17.8 Å². The van der Waals surface area contributed by atoms with Crippen molar-refractivity contribution in [3.63, 3.8) is 0 Å². The molecule has 0 spiro atoms. The van der Waals surface area contributed by atoms with Crippen LogP contribution in [0.3, 0.4) is 0 Å². The van der Waals surface area contributed by atoms with Crippen molar-refractivity contribution in [1.82, 2.24) is 9.36 Å². The predicted molar refractivity (Wildman–Crippen MR) is 71.4 cm³/mol. The lowest BCUT2D eigenvalue weighted by atomic mass is 9.96. The van der Waals surface area contributed by atoms with Crippen LogP contribution in [-0.4, -0.2) is 36.3 Å². The monoisotopic (exact) mass is 277 g/mol. The van der Waals surface area contributed by atoms with Gasteiger partial charge < -0.3 is 5.32 Å². The topological polar surface area (TPSA) is 72.0 Å². The lowest BCUT2D eigenvalue weighted by Gasteiger charge is -2.12. The third-order valence-corrected chi connectivity index (χ3v) is 3.77. The molecule has 0 amide bonds. The molecule has 1 N–H and O–H groups in total. The predicted octanol–water partition coefficient (Wildman–Crippen LogP) is 1.68. The highest BCUT2D eigenvalue weighted by molar-refractivity contribution is 7.90. The van der Waals surface area contributed by atoms with Gasteiger partial charge in [-0.2, -0.15) is 4.37 Å². The zero-order chi connectivity index (χ0) is 13.1. The molecule has 0 atom stereocenters. The molecule has 0 aromatic carbocycles. The Morgan fingerprint density at radius 2 is 2.00 bits per heavy atom. The van der Waals surface area contributed by atoms with Crippen molar-refractivity contribution in [2.24, 2.45) is 0 Å². The molecule has 0 bridgehead atoms. The minimum Gasteiger partial charge on any atom is -0.360 e. The van der Waals surface area contributed by atoms with E-state index < -0.39 is 9.84 Å². The van der Waals surface area contributed by atoms with Gasteiger partial charge in [0.05, 0.1) is 5.75 Å². The summed E-state index contributed by atoms with van der Waals surface area (Å²) in [6.07, 6.45) is 1.83. The van der Waals surface area contributed by atoms with Gasteiger partial charge in [-0.1, -0.05) is 20.8 Å². The van der Waals surface area contributed by atoms with Crippen molar-refractivity contribution in [2.75, 3.05) is 23.9 Å². The Labute approximate surface area is 107 Å². The Kier molecular flexibility index (Phi) is 4.48. The molecule has 1 aromatic heterocycles. The van der Waals surface area contributed by atoms with E-state index >= 15 is 0 Å². The highest BCUT2D eigenvalue weighted by Crippen LogP contribution is 2.22. The summed E-state index contributed by atoms with van der Waals surface area (Å²) < 4.78 is 26.1. The molecular weight excluding hydrogens is 258 g/mol. The molecule has 0 aliphatic carbocycles. The lowest BCUT2D eigenvalue weighted by Crippen LogP contribution is -2.13. The Bertz CT molecular complexity index is 460. The van der Waals surface area contributed by atoms with Gasteiger partial charge in [0.25, 0.3) is 0 Å². The Hall–Kier alpha value is -0.690. The SMILES string of the molecule is CC(C)(C)c1nsc(NCCCS(C)(=O)=O)n1. The quantitative estimate of drug-likeness (QED) is 0.829. The van der Waals surface area contributed by atoms with E-state index in [2.05, 4.69) is 35.4 Å². The van der Waals surface area contributed by atoms with Crippen molar-refractivity contribution in [2.45, 2.75) is 32.6 Å². The number of hydrogen-bond acceptors (Lipinski definition) is 6. The molecule has 17 heavy (non-hydrogen) atoms. The molecule has 0 fully saturated rings. The van der Waals surface area contributed by atoms with Crippen LogP contribution in [0.15, 0.2) is 0 Å². The van der Waals surface area contributed by atoms with Crippen molar-refractivity contribution in [3.8, 4) is 0 Å². The summed E-state index contributed by atoms with van der Waals surface area (Å²) in [7, 11) is -2.87. The number of anilines is 1. The highest BCUT2D eigenvalue weighted by atomic mass is 32.2. The summed E-state index contributed by atoms with van der Waals surface area (Å²) in [6.45, 7) is 6.78. The minimum atomic E-state index is -2.87. The zero-order valence-electron chi connectivity index (χ0n) is 10.6. The number of rotatable bonds is 5. The minimum absolute atomic E-state index is 0.0524. The van der Waals surface area contributed by atoms with Crippen LogP contribution in [0.5, 0.6) is 0 Å². The van der Waals surface area contributed by atoms with Gasteiger partial charge in [0.15, 0.2) is 0 Å². The number of sulfone groups is 1. The standard InChI is InChI=1S/C10H19N3O2S2/c1-10(2,3)8-12-9(16-13-8)11-6-5-7-17(4,14)15/h5-7H2,1-4H3,(H,11,12,13). The maximum Gasteiger partial charge on any atom is 0.202 e. The summed E-state index contributed by atoms with van der Waals surface area (Å²) in [4.78, 5) is 4.36. The fraction of sp³-hybridized carbons (Fsp3) is 0.800. The zero-order valence-corrected chi connectivity index (χ0v) is 12.3. The number of nitrogens with zero attached hydrogens (tertiary/aromatic N) is 2. The van der Waals surface area contributed by atoms with Gasteiger partial charge in [0.1, 0.15) is 15.7 Å². The molecule has 0 saturated carbocycles. The first kappa shape index (κ1) is 14.4. The summed E-state index contributed by atoms with van der Waals surface area (Å²) in [5.74, 6) is 1.01. The van der Waals surface area contributed by atoms with Crippen LogP contribution in [0.1, 0.15) is 33.0 Å². The van der Waals surface area contributed by atoms with Gasteiger partial charge in [0.2, 0.25) is 5.13 Å². The van der Waals surface area contributed by atoms with Crippen molar-refractivity contribution in [3.05, 3.63) is 5.82 Å². The molecular formula is C10H19N3O2S2. The van der Waals surface area contributed by atoms with E-state index in [-0.39, 0.29) is 11.2 Å². The molecule has 1 aromatic rings. The Morgan fingerprint density at radius 1 is 1.35 bits per heavy atom. The van der Waals surface area contributed by atoms with Crippen LogP contribution in [0.25, 0.3) is 0 Å². The molecule has 0 aliphatic heterocycles. The first-order valence-electron chi connectivity index (χ1n) is 5.44. The van der Waals surface area contributed by atoms with Gasteiger partial charge >= 0.3 is 0 Å². The molecule has 7 heteroatoms. The summed E-state index contributed by atoms with van der Waals surface area (Å²) in [6, 6.07) is 0. The van der Waals surface area contributed by atoms with E-state index in [0.717, 1.165) is 11.0 Å². The molecule has 0 aliphatic rings. The fourth-order valence-corrected chi connectivity index (χ4v) is 2.58. The second-order valence-electron chi connectivity index (χ2n) is 5.08. The third kappa shape index (κ3) is 5.45. The van der Waals surface area contributed by atoms with E-state index in [1.54, 1.807) is 0 Å². The maximum absolute atomic E-state index is 10.9. The van der Waals surface area contributed by atoms with Gasteiger partial charge in [-0.3, -0.25) is 0 Å². The van der Waals surface area contributed by atoms with E-state index in [1.807, 2.05) is 0 Å². The van der Waals surface area contributed by atoms with Crippen LogP contribution in [0, 0.1) is 0 Å². The molecule has 0 saturated heterocycles. The van der Waals surface area contributed by atoms with Crippen LogP contribution < -0.4 is 5.32 Å². The molecule has 1 heterocycles. The van der Waals surface area contributed by atoms with Crippen molar-refractivity contribution in [1.29, 1.82) is 0 Å². The average Bonchev–Trinajstić information content (AvgIpc) is 2.58. The molecule has 0 radical (unpaired) electrons. The first-order valence-corrected chi connectivity index (χ1v) is 8.28. The second-order valence-corrected chi connectivity index (χ2v) is 8.09. The second kappa shape index (κ2) is 5.30. The van der Waals surface area contributed by atoms with Crippen LogP contribution in [0.2, 0.25) is 0 Å². The van der Waals surface area contributed by atoms with Gasteiger partial charge in [-0.25, -0.2) is 13.4 Å². The first-order chi connectivity index (χ1) is 7.68. The van der Waals surface area contributed by atoms with E-state index in [9.17, 15) is 8.42 Å². The van der Waals surface area contributed by atoms with Crippen LogP contribution in [0.4, 0.5) is 5.13 Å². The average molecular weight is 277 g/mol.